The number of hydrogen-bond acceptors (Lipinski definition) is 0. The highest BCUT2D eigenvalue weighted by molar-refractivity contribution is 9.13. The van der Waals surface area contributed by atoms with Crippen molar-refractivity contribution in [3.05, 3.63) is 81.2 Å². The second kappa shape index (κ2) is 5.73. The molecule has 0 unspecified atom stereocenters. The molecule has 26 heavy (non-hydrogen) atoms. The Hall–Kier alpha value is -2.04. The van der Waals surface area contributed by atoms with Gasteiger partial charge >= 0.3 is 0 Å². The second-order valence-electron chi connectivity index (χ2n) is 6.28. The third kappa shape index (κ3) is 2.09. The summed E-state index contributed by atoms with van der Waals surface area (Å²) >= 11 is 7.26. The van der Waals surface area contributed by atoms with Crippen LogP contribution in [0.5, 0.6) is 0 Å². The number of halogens is 4. The van der Waals surface area contributed by atoms with Crippen molar-refractivity contribution >= 4 is 74.9 Å². The minimum Gasteiger partial charge on any atom is -0.206 e. The highest BCUT2D eigenvalue weighted by atomic mass is 79.9. The lowest BCUT2D eigenvalue weighted by Gasteiger charge is -2.15. The maximum atomic E-state index is 14.9. The van der Waals surface area contributed by atoms with E-state index in [1.807, 2.05) is 36.4 Å². The molecular formula is C22H10Br2F2. The summed E-state index contributed by atoms with van der Waals surface area (Å²) in [5.74, 6) is -0.617. The quantitative estimate of drug-likeness (QED) is 0.200. The van der Waals surface area contributed by atoms with Gasteiger partial charge in [-0.15, -0.1) is 0 Å². The average Bonchev–Trinajstić information content (AvgIpc) is 2.65. The first-order chi connectivity index (χ1) is 12.6. The smallest absolute Gasteiger partial charge is 0.131 e. The molecule has 0 saturated carbocycles. The van der Waals surface area contributed by atoms with Crippen LogP contribution in [0.2, 0.25) is 0 Å². The van der Waals surface area contributed by atoms with Gasteiger partial charge in [0.2, 0.25) is 0 Å². The lowest BCUT2D eigenvalue weighted by atomic mass is 9.92. The summed E-state index contributed by atoms with van der Waals surface area (Å²) in [7, 11) is 0. The molecule has 0 aliphatic heterocycles. The van der Waals surface area contributed by atoms with Gasteiger partial charge in [-0.25, -0.2) is 8.78 Å². The third-order valence-corrected chi connectivity index (χ3v) is 7.08. The van der Waals surface area contributed by atoms with Gasteiger partial charge < -0.3 is 0 Å². The van der Waals surface area contributed by atoms with Crippen molar-refractivity contribution in [1.29, 1.82) is 0 Å². The standard InChI is InChI=1S/C22H10Br2F2/c23-21-13-9-7-11-3-1-5-15(25)17(11)19(13)20-14(22(21)24)10-8-12-4-2-6-16(26)18(12)20/h1-10H. The molecule has 5 aromatic rings. The van der Waals surface area contributed by atoms with Crippen LogP contribution in [0.15, 0.2) is 69.6 Å². The summed E-state index contributed by atoms with van der Waals surface area (Å²) in [6.45, 7) is 0. The molecular weight excluding hydrogens is 462 g/mol. The molecule has 0 aliphatic rings. The van der Waals surface area contributed by atoms with E-state index in [1.165, 1.54) is 12.1 Å². The summed E-state index contributed by atoms with van der Waals surface area (Å²) < 4.78 is 31.4. The van der Waals surface area contributed by atoms with Crippen LogP contribution in [0.3, 0.4) is 0 Å². The number of fused-ring (bicyclic) bond motifs is 7. The van der Waals surface area contributed by atoms with E-state index in [2.05, 4.69) is 31.9 Å². The molecule has 0 heterocycles. The lowest BCUT2D eigenvalue weighted by molar-refractivity contribution is 0.640. The van der Waals surface area contributed by atoms with Crippen LogP contribution in [0, 0.1) is 11.6 Å². The van der Waals surface area contributed by atoms with Crippen LogP contribution in [-0.4, -0.2) is 0 Å². The van der Waals surface area contributed by atoms with Gasteiger partial charge in [0.1, 0.15) is 11.6 Å². The summed E-state index contributed by atoms with van der Waals surface area (Å²) in [6.07, 6.45) is 0. The fourth-order valence-corrected chi connectivity index (χ4v) is 4.88. The van der Waals surface area contributed by atoms with Crippen molar-refractivity contribution in [3.63, 3.8) is 0 Å². The Morgan fingerprint density at radius 3 is 1.35 bits per heavy atom. The van der Waals surface area contributed by atoms with E-state index < -0.39 is 0 Å². The Kier molecular flexibility index (Phi) is 3.56. The SMILES string of the molecule is Fc1cccc2ccc3c(Br)c(Br)c4ccc5cccc(F)c5c4c3c12. The zero-order chi connectivity index (χ0) is 18.0. The Balaban J connectivity index is 2.27. The van der Waals surface area contributed by atoms with Gasteiger partial charge in [-0.05, 0) is 65.5 Å². The van der Waals surface area contributed by atoms with Gasteiger partial charge in [-0.2, -0.15) is 0 Å². The van der Waals surface area contributed by atoms with E-state index >= 15 is 0 Å². The van der Waals surface area contributed by atoms with E-state index in [9.17, 15) is 8.78 Å². The topological polar surface area (TPSA) is 0 Å². The molecule has 0 spiro atoms. The minimum atomic E-state index is -0.308. The monoisotopic (exact) mass is 470 g/mol. The van der Waals surface area contributed by atoms with Gasteiger partial charge in [0.15, 0.2) is 0 Å². The molecule has 0 bridgehead atoms. The molecule has 0 nitrogen and oxygen atoms in total. The van der Waals surface area contributed by atoms with Crippen LogP contribution in [-0.2, 0) is 0 Å². The molecule has 0 fully saturated rings. The molecule has 0 N–H and O–H groups in total. The molecule has 126 valence electrons. The van der Waals surface area contributed by atoms with E-state index in [0.717, 1.165) is 41.3 Å². The van der Waals surface area contributed by atoms with Gasteiger partial charge in [0, 0.05) is 30.5 Å². The summed E-state index contributed by atoms with van der Waals surface area (Å²) in [5.41, 5.74) is 0. The van der Waals surface area contributed by atoms with Crippen molar-refractivity contribution in [3.8, 4) is 0 Å². The highest BCUT2D eigenvalue weighted by Crippen LogP contribution is 2.45. The molecule has 5 aromatic carbocycles. The van der Waals surface area contributed by atoms with E-state index in [0.29, 0.717) is 10.8 Å². The van der Waals surface area contributed by atoms with Crippen molar-refractivity contribution in [2.75, 3.05) is 0 Å². The fourth-order valence-electron chi connectivity index (χ4n) is 3.79. The van der Waals surface area contributed by atoms with Gasteiger partial charge in [0.25, 0.3) is 0 Å². The largest absolute Gasteiger partial charge is 0.206 e. The third-order valence-electron chi connectivity index (χ3n) is 4.91. The van der Waals surface area contributed by atoms with Crippen LogP contribution in [0.1, 0.15) is 0 Å². The van der Waals surface area contributed by atoms with E-state index in [-0.39, 0.29) is 11.6 Å². The van der Waals surface area contributed by atoms with Gasteiger partial charge in [0.05, 0.1) is 0 Å². The highest BCUT2D eigenvalue weighted by Gasteiger charge is 2.18. The first kappa shape index (κ1) is 16.2. The molecule has 5 rings (SSSR count). The molecule has 0 radical (unpaired) electrons. The first-order valence-electron chi connectivity index (χ1n) is 8.07. The van der Waals surface area contributed by atoms with Crippen molar-refractivity contribution in [2.45, 2.75) is 0 Å². The fraction of sp³-hybridized carbons (Fsp3) is 0. The van der Waals surface area contributed by atoms with Gasteiger partial charge in [-0.1, -0.05) is 48.5 Å². The predicted octanol–water partition coefficient (Wildman–Crippen LogP) is 8.10. The van der Waals surface area contributed by atoms with Crippen LogP contribution in [0.25, 0.3) is 43.1 Å². The second-order valence-corrected chi connectivity index (χ2v) is 7.87. The number of benzene rings is 5. The molecule has 0 aliphatic carbocycles. The Labute approximate surface area is 164 Å². The van der Waals surface area contributed by atoms with E-state index in [1.54, 1.807) is 12.1 Å². The van der Waals surface area contributed by atoms with Gasteiger partial charge in [-0.3, -0.25) is 0 Å². The maximum Gasteiger partial charge on any atom is 0.131 e. The predicted molar refractivity (Wildman–Crippen MR) is 112 cm³/mol. The van der Waals surface area contributed by atoms with Crippen molar-refractivity contribution in [2.24, 2.45) is 0 Å². The Morgan fingerprint density at radius 1 is 0.500 bits per heavy atom. The zero-order valence-electron chi connectivity index (χ0n) is 13.3. The molecule has 0 atom stereocenters. The van der Waals surface area contributed by atoms with Crippen molar-refractivity contribution < 1.29 is 8.78 Å². The normalized spacial score (nSPS) is 11.8. The van der Waals surface area contributed by atoms with Crippen LogP contribution >= 0.6 is 31.9 Å². The van der Waals surface area contributed by atoms with Crippen LogP contribution in [0.4, 0.5) is 8.78 Å². The molecule has 4 heteroatoms. The molecule has 0 saturated heterocycles. The number of hydrogen-bond donors (Lipinski definition) is 0. The summed E-state index contributed by atoms with van der Waals surface area (Å²) in [4.78, 5) is 0. The van der Waals surface area contributed by atoms with E-state index in [4.69, 9.17) is 0 Å². The minimum absolute atomic E-state index is 0.308. The molecule has 0 amide bonds. The summed E-state index contributed by atoms with van der Waals surface area (Å²) in [5, 5.41) is 5.75. The maximum absolute atomic E-state index is 14.9. The number of rotatable bonds is 0. The Bertz CT molecular complexity index is 1270. The van der Waals surface area contributed by atoms with Crippen molar-refractivity contribution in [1.82, 2.24) is 0 Å². The van der Waals surface area contributed by atoms with Crippen LogP contribution < -0.4 is 0 Å². The zero-order valence-corrected chi connectivity index (χ0v) is 16.5. The Morgan fingerprint density at radius 2 is 0.923 bits per heavy atom. The molecule has 0 aromatic heterocycles. The summed E-state index contributed by atoms with van der Waals surface area (Å²) in [6, 6.07) is 17.7. The first-order valence-corrected chi connectivity index (χ1v) is 9.65. The lowest BCUT2D eigenvalue weighted by Crippen LogP contribution is -1.90. The average molecular weight is 472 g/mol.